The number of hydrogen-bond donors (Lipinski definition) is 0. The Hall–Kier alpha value is -4.96. The Bertz CT molecular complexity index is 2340. The second-order valence-corrected chi connectivity index (χ2v) is 11.9. The van der Waals surface area contributed by atoms with Crippen molar-refractivity contribution in [3.05, 3.63) is 150 Å². The van der Waals surface area contributed by atoms with Gasteiger partial charge in [0, 0.05) is 56.2 Å². The summed E-state index contributed by atoms with van der Waals surface area (Å²) in [5, 5.41) is 4.34. The summed E-state index contributed by atoms with van der Waals surface area (Å²) >= 11 is 0. The average molecular weight is 788 g/mol. The zero-order valence-corrected chi connectivity index (χ0v) is 29.4. The van der Waals surface area contributed by atoms with Gasteiger partial charge in [-0.3, -0.25) is 9.97 Å². The zero-order chi connectivity index (χ0) is 31.8. The molecule has 8 rings (SSSR count). The fourth-order valence-corrected chi connectivity index (χ4v) is 5.73. The van der Waals surface area contributed by atoms with Crippen molar-refractivity contribution in [1.29, 1.82) is 0 Å². The van der Waals surface area contributed by atoms with Crippen LogP contribution < -0.4 is 0 Å². The Morgan fingerprint density at radius 1 is 0.681 bits per heavy atom. The van der Waals surface area contributed by atoms with Gasteiger partial charge in [-0.2, -0.15) is 0 Å². The number of fused-ring (bicyclic) bond motifs is 4. The summed E-state index contributed by atoms with van der Waals surface area (Å²) in [5.41, 5.74) is 14.0. The number of pyridine rings is 3. The fourth-order valence-electron chi connectivity index (χ4n) is 5.73. The second kappa shape index (κ2) is 13.4. The number of furan rings is 1. The Morgan fingerprint density at radius 2 is 1.45 bits per heavy atom. The minimum atomic E-state index is 0. The number of hydrogen-bond acceptors (Lipinski definition) is 4. The van der Waals surface area contributed by atoms with Crippen LogP contribution in [0.25, 0.3) is 66.3 Å². The first-order valence-corrected chi connectivity index (χ1v) is 15.4. The van der Waals surface area contributed by atoms with Crippen LogP contribution >= 0.6 is 0 Å². The third-order valence-electron chi connectivity index (χ3n) is 8.64. The monoisotopic (exact) mass is 788 g/mol. The van der Waals surface area contributed by atoms with Crippen LogP contribution in [0.1, 0.15) is 27.8 Å². The van der Waals surface area contributed by atoms with Crippen molar-refractivity contribution in [3.63, 3.8) is 0 Å². The molecule has 0 N–H and O–H groups in total. The van der Waals surface area contributed by atoms with E-state index in [2.05, 4.69) is 117 Å². The minimum Gasteiger partial charge on any atom is -0.506 e. The fraction of sp³-hybridized carbons (Fsp3) is 0.119. The number of rotatable bonds is 3. The molecule has 0 spiro atoms. The smallest absolute Gasteiger partial charge is 0.0847 e. The molecule has 0 aliphatic heterocycles. The summed E-state index contributed by atoms with van der Waals surface area (Å²) in [7, 11) is 0. The van der Waals surface area contributed by atoms with E-state index in [-0.39, 0.29) is 20.1 Å². The third kappa shape index (κ3) is 6.38. The van der Waals surface area contributed by atoms with Crippen molar-refractivity contribution in [1.82, 2.24) is 15.0 Å². The molecule has 0 saturated carbocycles. The van der Waals surface area contributed by atoms with Crippen LogP contribution in [0.5, 0.6) is 0 Å². The van der Waals surface area contributed by atoms with Crippen molar-refractivity contribution in [2.45, 2.75) is 34.6 Å². The van der Waals surface area contributed by atoms with E-state index in [1.807, 2.05) is 36.7 Å². The molecule has 4 aromatic heterocycles. The molecule has 0 fully saturated rings. The standard InChI is InChI=1S/C27H17N2O.C15H16N.Ir/c1-17-6-7-19-15-20(9-8-18(19)14-17)22-4-2-11-28-25(22)24-16-21-10-13-30-27(21)26-23(24)5-3-12-29-26;1-10-5-6-14(7-11(10)2)15-8-12(3)13(4)9-16-15;/h2-15H,1H3;5,7-9H,1-4H3;/q2*-1;. The summed E-state index contributed by atoms with van der Waals surface area (Å²) in [5.74, 6) is 0. The van der Waals surface area contributed by atoms with Gasteiger partial charge in [0.1, 0.15) is 0 Å². The molecule has 4 nitrogen and oxygen atoms in total. The van der Waals surface area contributed by atoms with Crippen LogP contribution in [0.15, 0.2) is 114 Å². The van der Waals surface area contributed by atoms with Crippen molar-refractivity contribution in [3.8, 4) is 33.6 Å². The maximum absolute atomic E-state index is 5.68. The Labute approximate surface area is 288 Å². The SMILES string of the molecule is Cc1c[c-]c(-c2cc(C)c(C)cn2)cc1C.Cc1ccc2cc(-c3cccnc3-c3[c-]c4ccoc4c4ncccc34)ccc2c1.[Ir]. The first kappa shape index (κ1) is 32.0. The van der Waals surface area contributed by atoms with Gasteiger partial charge in [0.05, 0.1) is 5.58 Å². The number of benzene rings is 4. The van der Waals surface area contributed by atoms with Gasteiger partial charge >= 0.3 is 0 Å². The summed E-state index contributed by atoms with van der Waals surface area (Å²) in [6, 6.07) is 36.2. The zero-order valence-electron chi connectivity index (χ0n) is 27.0. The molecule has 4 heterocycles. The normalized spacial score (nSPS) is 10.9. The molecule has 4 aromatic carbocycles. The van der Waals surface area contributed by atoms with Gasteiger partial charge in [-0.15, -0.1) is 41.0 Å². The maximum atomic E-state index is 5.68. The van der Waals surface area contributed by atoms with E-state index in [0.717, 1.165) is 55.5 Å². The molecule has 0 saturated heterocycles. The minimum absolute atomic E-state index is 0. The van der Waals surface area contributed by atoms with Gasteiger partial charge in [0.25, 0.3) is 0 Å². The first-order chi connectivity index (χ1) is 22.4. The molecule has 233 valence electrons. The molecule has 47 heavy (non-hydrogen) atoms. The predicted molar refractivity (Wildman–Crippen MR) is 189 cm³/mol. The van der Waals surface area contributed by atoms with Crippen LogP contribution in [0.4, 0.5) is 0 Å². The van der Waals surface area contributed by atoms with Gasteiger partial charge in [0.15, 0.2) is 0 Å². The average Bonchev–Trinajstić information content (AvgIpc) is 3.56. The quantitative estimate of drug-likeness (QED) is 0.167. The molecule has 0 aliphatic carbocycles. The summed E-state index contributed by atoms with van der Waals surface area (Å²) in [4.78, 5) is 13.8. The van der Waals surface area contributed by atoms with Crippen LogP contribution in [-0.2, 0) is 20.1 Å². The van der Waals surface area contributed by atoms with E-state index < -0.39 is 0 Å². The van der Waals surface area contributed by atoms with Gasteiger partial charge < -0.3 is 9.40 Å². The van der Waals surface area contributed by atoms with Gasteiger partial charge in [0.2, 0.25) is 0 Å². The first-order valence-electron chi connectivity index (χ1n) is 15.4. The molecule has 0 amide bonds. The van der Waals surface area contributed by atoms with Crippen molar-refractivity contribution in [2.75, 3.05) is 0 Å². The van der Waals surface area contributed by atoms with Crippen LogP contribution in [0.2, 0.25) is 0 Å². The largest absolute Gasteiger partial charge is 0.506 e. The van der Waals surface area contributed by atoms with Gasteiger partial charge in [-0.05, 0) is 66.1 Å². The summed E-state index contributed by atoms with van der Waals surface area (Å²) in [6.07, 6.45) is 7.23. The van der Waals surface area contributed by atoms with Crippen LogP contribution in [-0.4, -0.2) is 15.0 Å². The molecular formula is C42H33IrN3O-2. The number of aryl methyl sites for hydroxylation is 5. The topological polar surface area (TPSA) is 51.8 Å². The Kier molecular flexibility index (Phi) is 9.13. The van der Waals surface area contributed by atoms with E-state index in [1.165, 1.54) is 38.6 Å². The van der Waals surface area contributed by atoms with E-state index in [0.29, 0.717) is 0 Å². The van der Waals surface area contributed by atoms with E-state index in [4.69, 9.17) is 9.40 Å². The number of nitrogens with zero attached hydrogens (tertiary/aromatic N) is 3. The molecular weight excluding hydrogens is 755 g/mol. The predicted octanol–water partition coefficient (Wildman–Crippen LogP) is 10.8. The molecule has 0 bridgehead atoms. The maximum Gasteiger partial charge on any atom is 0.0847 e. The van der Waals surface area contributed by atoms with Crippen molar-refractivity contribution < 1.29 is 24.5 Å². The number of aromatic nitrogens is 3. The molecule has 0 aliphatic rings. The molecule has 5 heteroatoms. The molecule has 0 atom stereocenters. The third-order valence-corrected chi connectivity index (χ3v) is 8.64. The molecule has 1 radical (unpaired) electrons. The van der Waals surface area contributed by atoms with E-state index in [1.54, 1.807) is 12.5 Å². The molecule has 0 unspecified atom stereocenters. The van der Waals surface area contributed by atoms with Crippen molar-refractivity contribution in [2.24, 2.45) is 0 Å². The van der Waals surface area contributed by atoms with Crippen molar-refractivity contribution >= 4 is 32.6 Å². The second-order valence-electron chi connectivity index (χ2n) is 11.9. The van der Waals surface area contributed by atoms with E-state index >= 15 is 0 Å². The summed E-state index contributed by atoms with van der Waals surface area (Å²) < 4.78 is 5.68. The summed E-state index contributed by atoms with van der Waals surface area (Å²) in [6.45, 7) is 10.5. The van der Waals surface area contributed by atoms with Gasteiger partial charge in [-0.1, -0.05) is 102 Å². The van der Waals surface area contributed by atoms with E-state index in [9.17, 15) is 0 Å². The molecule has 8 aromatic rings. The Balaban J connectivity index is 0.000000194. The van der Waals surface area contributed by atoms with Crippen LogP contribution in [0.3, 0.4) is 0 Å². The Morgan fingerprint density at radius 3 is 2.28 bits per heavy atom. The van der Waals surface area contributed by atoms with Gasteiger partial charge in [-0.25, -0.2) is 0 Å². The van der Waals surface area contributed by atoms with Crippen LogP contribution in [0, 0.1) is 46.8 Å².